The molecule has 0 amide bonds. The SMILES string of the molecule is CCNC(CC)c1cnn(Cc2ccc(CC)cc2)c1. The summed E-state index contributed by atoms with van der Waals surface area (Å²) in [6.45, 7) is 8.35. The van der Waals surface area contributed by atoms with E-state index in [1.165, 1.54) is 16.7 Å². The molecule has 0 spiro atoms. The number of nitrogens with zero attached hydrogens (tertiary/aromatic N) is 2. The van der Waals surface area contributed by atoms with Gasteiger partial charge in [-0.3, -0.25) is 4.68 Å². The van der Waals surface area contributed by atoms with E-state index in [9.17, 15) is 0 Å². The molecule has 108 valence electrons. The molecule has 0 saturated carbocycles. The zero-order chi connectivity index (χ0) is 14.4. The molecule has 0 radical (unpaired) electrons. The van der Waals surface area contributed by atoms with E-state index in [1.54, 1.807) is 0 Å². The molecule has 1 heterocycles. The molecule has 2 aromatic rings. The lowest BCUT2D eigenvalue weighted by Crippen LogP contribution is -2.19. The zero-order valence-electron chi connectivity index (χ0n) is 12.8. The van der Waals surface area contributed by atoms with Crippen molar-refractivity contribution >= 4 is 0 Å². The van der Waals surface area contributed by atoms with E-state index < -0.39 is 0 Å². The van der Waals surface area contributed by atoms with Crippen molar-refractivity contribution in [2.24, 2.45) is 0 Å². The molecule has 3 heteroatoms. The van der Waals surface area contributed by atoms with Gasteiger partial charge in [-0.1, -0.05) is 45.0 Å². The van der Waals surface area contributed by atoms with Gasteiger partial charge in [0.05, 0.1) is 12.7 Å². The number of nitrogens with one attached hydrogen (secondary N) is 1. The highest BCUT2D eigenvalue weighted by Crippen LogP contribution is 2.16. The summed E-state index contributed by atoms with van der Waals surface area (Å²) in [6.07, 6.45) is 6.32. The topological polar surface area (TPSA) is 29.9 Å². The lowest BCUT2D eigenvalue weighted by Gasteiger charge is -2.13. The van der Waals surface area contributed by atoms with Crippen molar-refractivity contribution in [2.45, 2.75) is 46.2 Å². The fourth-order valence-electron chi connectivity index (χ4n) is 2.46. The van der Waals surface area contributed by atoms with E-state index in [4.69, 9.17) is 0 Å². The van der Waals surface area contributed by atoms with Crippen LogP contribution in [-0.4, -0.2) is 16.3 Å². The monoisotopic (exact) mass is 271 g/mol. The molecular weight excluding hydrogens is 246 g/mol. The van der Waals surface area contributed by atoms with Crippen LogP contribution >= 0.6 is 0 Å². The fraction of sp³-hybridized carbons (Fsp3) is 0.471. The predicted octanol–water partition coefficient (Wildman–Crippen LogP) is 3.55. The molecule has 0 fully saturated rings. The molecule has 1 aromatic heterocycles. The first-order valence-corrected chi connectivity index (χ1v) is 7.60. The molecule has 0 aliphatic carbocycles. The summed E-state index contributed by atoms with van der Waals surface area (Å²) in [5, 5.41) is 7.97. The normalized spacial score (nSPS) is 12.6. The Morgan fingerprint density at radius 2 is 1.80 bits per heavy atom. The van der Waals surface area contributed by atoms with E-state index in [2.05, 4.69) is 61.6 Å². The van der Waals surface area contributed by atoms with Gasteiger partial charge in [0.25, 0.3) is 0 Å². The summed E-state index contributed by atoms with van der Waals surface area (Å²) in [5.41, 5.74) is 3.96. The number of rotatable bonds is 7. The zero-order valence-corrected chi connectivity index (χ0v) is 12.8. The predicted molar refractivity (Wildman–Crippen MR) is 83.9 cm³/mol. The van der Waals surface area contributed by atoms with Crippen molar-refractivity contribution in [3.05, 3.63) is 53.3 Å². The van der Waals surface area contributed by atoms with Gasteiger partial charge < -0.3 is 5.32 Å². The van der Waals surface area contributed by atoms with Gasteiger partial charge in [-0.2, -0.15) is 5.10 Å². The molecule has 1 unspecified atom stereocenters. The number of benzene rings is 1. The van der Waals surface area contributed by atoms with Crippen LogP contribution in [0.15, 0.2) is 36.7 Å². The standard InChI is InChI=1S/C17H25N3/c1-4-14-7-9-15(10-8-14)12-20-13-16(11-19-20)17(5-2)18-6-3/h7-11,13,17-18H,4-6,12H2,1-3H3. The minimum absolute atomic E-state index is 0.413. The quantitative estimate of drug-likeness (QED) is 0.834. The van der Waals surface area contributed by atoms with Gasteiger partial charge in [-0.15, -0.1) is 0 Å². The molecule has 0 bridgehead atoms. The molecule has 1 atom stereocenters. The molecule has 2 rings (SSSR count). The minimum atomic E-state index is 0.413. The first kappa shape index (κ1) is 14.8. The largest absolute Gasteiger partial charge is 0.310 e. The first-order chi connectivity index (χ1) is 9.76. The molecule has 0 aliphatic heterocycles. The van der Waals surface area contributed by atoms with Crippen LogP contribution in [0.1, 0.15) is 49.9 Å². The number of aromatic nitrogens is 2. The van der Waals surface area contributed by atoms with Gasteiger partial charge in [-0.05, 0) is 30.5 Å². The Morgan fingerprint density at radius 1 is 1.10 bits per heavy atom. The average Bonchev–Trinajstić information content (AvgIpc) is 2.94. The average molecular weight is 271 g/mol. The van der Waals surface area contributed by atoms with E-state index in [-0.39, 0.29) is 0 Å². The smallest absolute Gasteiger partial charge is 0.0659 e. The molecule has 0 aliphatic rings. The van der Waals surface area contributed by atoms with Crippen molar-refractivity contribution in [1.29, 1.82) is 0 Å². The molecule has 1 N–H and O–H groups in total. The summed E-state index contributed by atoms with van der Waals surface area (Å²) in [4.78, 5) is 0. The van der Waals surface area contributed by atoms with Crippen LogP contribution < -0.4 is 5.32 Å². The van der Waals surface area contributed by atoms with E-state index >= 15 is 0 Å². The number of hydrogen-bond acceptors (Lipinski definition) is 2. The van der Waals surface area contributed by atoms with Crippen LogP contribution in [0.5, 0.6) is 0 Å². The van der Waals surface area contributed by atoms with Crippen LogP contribution in [0.2, 0.25) is 0 Å². The second kappa shape index (κ2) is 7.25. The van der Waals surface area contributed by atoms with Crippen molar-refractivity contribution in [3.8, 4) is 0 Å². The Hall–Kier alpha value is -1.61. The summed E-state index contributed by atoms with van der Waals surface area (Å²) in [5.74, 6) is 0. The minimum Gasteiger partial charge on any atom is -0.310 e. The fourth-order valence-corrected chi connectivity index (χ4v) is 2.46. The van der Waals surface area contributed by atoms with Crippen molar-refractivity contribution in [3.63, 3.8) is 0 Å². The Balaban J connectivity index is 2.04. The van der Waals surface area contributed by atoms with Gasteiger partial charge in [-0.25, -0.2) is 0 Å². The van der Waals surface area contributed by atoms with E-state index in [0.29, 0.717) is 6.04 Å². The van der Waals surface area contributed by atoms with Crippen LogP contribution in [0.4, 0.5) is 0 Å². The van der Waals surface area contributed by atoms with Crippen molar-refractivity contribution in [1.82, 2.24) is 15.1 Å². The number of hydrogen-bond donors (Lipinski definition) is 1. The number of aryl methyl sites for hydroxylation is 1. The second-order valence-electron chi connectivity index (χ2n) is 5.16. The van der Waals surface area contributed by atoms with Gasteiger partial charge in [0, 0.05) is 17.8 Å². The van der Waals surface area contributed by atoms with Crippen LogP contribution in [0, 0.1) is 0 Å². The summed E-state index contributed by atoms with van der Waals surface area (Å²) in [7, 11) is 0. The van der Waals surface area contributed by atoms with Crippen LogP contribution in [-0.2, 0) is 13.0 Å². The third-order valence-electron chi connectivity index (χ3n) is 3.69. The van der Waals surface area contributed by atoms with Crippen molar-refractivity contribution in [2.75, 3.05) is 6.54 Å². The Morgan fingerprint density at radius 3 is 2.40 bits per heavy atom. The summed E-state index contributed by atoms with van der Waals surface area (Å²) < 4.78 is 2.02. The maximum atomic E-state index is 4.48. The van der Waals surface area contributed by atoms with Gasteiger partial charge in [0.15, 0.2) is 0 Å². The Kier molecular flexibility index (Phi) is 5.36. The summed E-state index contributed by atoms with van der Waals surface area (Å²) >= 11 is 0. The van der Waals surface area contributed by atoms with E-state index in [1.807, 2.05) is 10.9 Å². The van der Waals surface area contributed by atoms with Crippen LogP contribution in [0.25, 0.3) is 0 Å². The third kappa shape index (κ3) is 3.70. The molecule has 1 aromatic carbocycles. The Labute approximate surface area is 122 Å². The lowest BCUT2D eigenvalue weighted by atomic mass is 10.1. The lowest BCUT2D eigenvalue weighted by molar-refractivity contribution is 0.536. The molecule has 0 saturated heterocycles. The van der Waals surface area contributed by atoms with Crippen molar-refractivity contribution < 1.29 is 0 Å². The molecular formula is C17H25N3. The van der Waals surface area contributed by atoms with E-state index in [0.717, 1.165) is 25.9 Å². The highest BCUT2D eigenvalue weighted by molar-refractivity contribution is 5.23. The highest BCUT2D eigenvalue weighted by Gasteiger charge is 2.10. The van der Waals surface area contributed by atoms with Gasteiger partial charge in [0.2, 0.25) is 0 Å². The maximum absolute atomic E-state index is 4.48. The first-order valence-electron chi connectivity index (χ1n) is 7.60. The third-order valence-corrected chi connectivity index (χ3v) is 3.69. The second-order valence-corrected chi connectivity index (χ2v) is 5.16. The van der Waals surface area contributed by atoms with Gasteiger partial charge >= 0.3 is 0 Å². The molecule has 3 nitrogen and oxygen atoms in total. The maximum Gasteiger partial charge on any atom is 0.0659 e. The van der Waals surface area contributed by atoms with Crippen LogP contribution in [0.3, 0.4) is 0 Å². The Bertz CT molecular complexity index is 513. The molecule has 20 heavy (non-hydrogen) atoms. The summed E-state index contributed by atoms with van der Waals surface area (Å²) in [6, 6.07) is 9.21. The highest BCUT2D eigenvalue weighted by atomic mass is 15.3. The van der Waals surface area contributed by atoms with Gasteiger partial charge in [0.1, 0.15) is 0 Å².